The zero-order valence-electron chi connectivity index (χ0n) is 14.6. The van der Waals surface area contributed by atoms with Crippen molar-refractivity contribution in [2.24, 2.45) is 0 Å². The average molecular weight is 512 g/mol. The first-order valence-electron chi connectivity index (χ1n) is 7.98. The molecule has 0 saturated carbocycles. The lowest BCUT2D eigenvalue weighted by atomic mass is 10.2. The lowest BCUT2D eigenvalue weighted by molar-refractivity contribution is 0.484. The van der Waals surface area contributed by atoms with Crippen LogP contribution in [0.5, 0.6) is 11.5 Å². The molecule has 0 aliphatic heterocycles. The van der Waals surface area contributed by atoms with Gasteiger partial charge in [0.2, 0.25) is 0 Å². The van der Waals surface area contributed by atoms with Gasteiger partial charge in [-0.25, -0.2) is 8.42 Å². The van der Waals surface area contributed by atoms with Crippen LogP contribution in [0, 0.1) is 6.92 Å². The molecule has 4 nitrogen and oxygen atoms in total. The zero-order chi connectivity index (χ0) is 21.3. The quantitative estimate of drug-likeness (QED) is 0.379. The molecule has 0 fully saturated rings. The van der Waals surface area contributed by atoms with Crippen molar-refractivity contribution >= 4 is 73.7 Å². The van der Waals surface area contributed by atoms with E-state index < -0.39 is 10.0 Å². The Labute approximate surface area is 193 Å². The first kappa shape index (κ1) is 22.3. The van der Waals surface area contributed by atoms with Gasteiger partial charge in [0, 0.05) is 5.02 Å². The maximum absolute atomic E-state index is 12.7. The van der Waals surface area contributed by atoms with E-state index >= 15 is 0 Å². The van der Waals surface area contributed by atoms with Crippen LogP contribution in [-0.4, -0.2) is 8.42 Å². The molecule has 3 rings (SSSR count). The van der Waals surface area contributed by atoms with Crippen LogP contribution in [0.2, 0.25) is 25.1 Å². The third kappa shape index (κ3) is 5.05. The number of hydrogen-bond acceptors (Lipinski definition) is 3. The zero-order valence-corrected chi connectivity index (χ0v) is 19.2. The molecule has 0 aliphatic rings. The second-order valence-corrected chi connectivity index (χ2v) is 9.66. The molecule has 0 radical (unpaired) electrons. The molecule has 0 saturated heterocycles. The highest BCUT2D eigenvalue weighted by atomic mass is 35.5. The van der Waals surface area contributed by atoms with Crippen LogP contribution in [0.1, 0.15) is 5.56 Å². The summed E-state index contributed by atoms with van der Waals surface area (Å²) in [5.74, 6) is 0.188. The largest absolute Gasteiger partial charge is 0.451 e. The third-order valence-corrected chi connectivity index (χ3v) is 6.68. The summed E-state index contributed by atoms with van der Waals surface area (Å²) >= 11 is 30.7. The normalized spacial score (nSPS) is 11.4. The first-order valence-corrected chi connectivity index (χ1v) is 11.4. The molecule has 0 atom stereocenters. The molecule has 29 heavy (non-hydrogen) atoms. The second-order valence-electron chi connectivity index (χ2n) is 5.94. The van der Waals surface area contributed by atoms with Crippen molar-refractivity contribution in [2.75, 3.05) is 4.72 Å². The summed E-state index contributed by atoms with van der Waals surface area (Å²) in [6.45, 7) is 1.70. The number of hydrogen-bond donors (Lipinski definition) is 1. The molecule has 0 aromatic heterocycles. The lowest BCUT2D eigenvalue weighted by Crippen LogP contribution is -2.14. The summed E-state index contributed by atoms with van der Waals surface area (Å²) in [6, 6.07) is 12.2. The van der Waals surface area contributed by atoms with Crippen LogP contribution in [0.15, 0.2) is 53.4 Å². The highest BCUT2D eigenvalue weighted by Gasteiger charge is 2.20. The van der Waals surface area contributed by atoms with Crippen LogP contribution < -0.4 is 9.46 Å². The summed E-state index contributed by atoms with van der Waals surface area (Å²) < 4.78 is 33.5. The van der Waals surface area contributed by atoms with Crippen molar-refractivity contribution in [3.8, 4) is 11.5 Å². The fraction of sp³-hybridized carbons (Fsp3) is 0.0526. The Morgan fingerprint density at radius 1 is 0.793 bits per heavy atom. The van der Waals surface area contributed by atoms with Crippen molar-refractivity contribution < 1.29 is 13.2 Å². The molecule has 3 aromatic rings. The molecule has 0 aliphatic carbocycles. The Kier molecular flexibility index (Phi) is 6.78. The highest BCUT2D eigenvalue weighted by molar-refractivity contribution is 7.92. The molecule has 0 heterocycles. The Balaban J connectivity index is 1.94. The fourth-order valence-electron chi connectivity index (χ4n) is 2.51. The standard InChI is InChI=1S/C19H12Cl5NO3S/c1-10-4-2-3-5-17(10)29(26,27)25-12-8-15(23)19(16(24)9-12)28-18-13(21)6-11(20)7-14(18)22/h2-9,25H,1H3. The SMILES string of the molecule is Cc1ccccc1S(=O)(=O)Nc1cc(Cl)c(Oc2c(Cl)cc(Cl)cc2Cl)c(Cl)c1. The topological polar surface area (TPSA) is 55.4 Å². The van der Waals surface area contributed by atoms with Crippen molar-refractivity contribution in [2.45, 2.75) is 11.8 Å². The van der Waals surface area contributed by atoms with Crippen LogP contribution in [-0.2, 0) is 10.0 Å². The van der Waals surface area contributed by atoms with Gasteiger partial charge in [0.05, 0.1) is 30.7 Å². The van der Waals surface area contributed by atoms with Gasteiger partial charge in [-0.1, -0.05) is 76.2 Å². The smallest absolute Gasteiger partial charge is 0.262 e. The second kappa shape index (κ2) is 8.80. The number of nitrogens with one attached hydrogen (secondary N) is 1. The fourth-order valence-corrected chi connectivity index (χ4v) is 5.26. The molecule has 0 spiro atoms. The Bertz CT molecular complexity index is 1150. The van der Waals surface area contributed by atoms with E-state index in [1.165, 1.54) is 30.3 Å². The van der Waals surface area contributed by atoms with Gasteiger partial charge in [0.15, 0.2) is 11.5 Å². The molecule has 1 N–H and O–H groups in total. The Hall–Kier alpha value is -1.34. The summed E-state index contributed by atoms with van der Waals surface area (Å²) in [6.07, 6.45) is 0. The van der Waals surface area contributed by atoms with E-state index in [9.17, 15) is 8.42 Å². The van der Waals surface area contributed by atoms with Crippen LogP contribution in [0.4, 0.5) is 5.69 Å². The van der Waals surface area contributed by atoms with Crippen molar-refractivity contribution in [3.05, 3.63) is 79.2 Å². The Morgan fingerprint density at radius 2 is 1.28 bits per heavy atom. The van der Waals surface area contributed by atoms with Crippen LogP contribution in [0.25, 0.3) is 0 Å². The average Bonchev–Trinajstić information content (AvgIpc) is 2.59. The van der Waals surface area contributed by atoms with Gasteiger partial charge < -0.3 is 4.74 Å². The molecule has 0 amide bonds. The van der Waals surface area contributed by atoms with Gasteiger partial charge in [-0.2, -0.15) is 0 Å². The summed E-state index contributed by atoms with van der Waals surface area (Å²) in [5, 5.41) is 0.785. The van der Waals surface area contributed by atoms with E-state index in [2.05, 4.69) is 4.72 Å². The molecular formula is C19H12Cl5NO3S. The van der Waals surface area contributed by atoms with Gasteiger partial charge >= 0.3 is 0 Å². The highest BCUT2D eigenvalue weighted by Crippen LogP contribution is 2.44. The predicted octanol–water partition coefficient (Wildman–Crippen LogP) is 7.86. The van der Waals surface area contributed by atoms with E-state index in [-0.39, 0.29) is 42.2 Å². The molecule has 3 aromatic carbocycles. The molecule has 10 heteroatoms. The monoisotopic (exact) mass is 509 g/mol. The maximum atomic E-state index is 12.7. The van der Waals surface area contributed by atoms with E-state index in [4.69, 9.17) is 62.7 Å². The van der Waals surface area contributed by atoms with E-state index in [0.717, 1.165) is 0 Å². The molecule has 0 bridgehead atoms. The number of anilines is 1. The van der Waals surface area contributed by atoms with Gasteiger partial charge in [-0.15, -0.1) is 0 Å². The van der Waals surface area contributed by atoms with Crippen molar-refractivity contribution in [1.29, 1.82) is 0 Å². The number of halogens is 5. The first-order chi connectivity index (χ1) is 13.6. The van der Waals surface area contributed by atoms with Gasteiger partial charge in [0.1, 0.15) is 0 Å². The molecule has 152 valence electrons. The third-order valence-electron chi connectivity index (χ3n) is 3.80. The minimum absolute atomic E-state index is 0.0575. The van der Waals surface area contributed by atoms with Crippen LogP contribution >= 0.6 is 58.0 Å². The van der Waals surface area contributed by atoms with Crippen molar-refractivity contribution in [3.63, 3.8) is 0 Å². The van der Waals surface area contributed by atoms with E-state index in [1.54, 1.807) is 25.1 Å². The number of rotatable bonds is 5. The number of ether oxygens (including phenoxy) is 1. The van der Waals surface area contributed by atoms with Gasteiger partial charge in [0.25, 0.3) is 10.0 Å². The van der Waals surface area contributed by atoms with Crippen molar-refractivity contribution in [1.82, 2.24) is 0 Å². The minimum Gasteiger partial charge on any atom is -0.451 e. The molecular weight excluding hydrogens is 500 g/mol. The summed E-state index contributed by atoms with van der Waals surface area (Å²) in [4.78, 5) is 0.146. The maximum Gasteiger partial charge on any atom is 0.262 e. The van der Waals surface area contributed by atoms with E-state index in [0.29, 0.717) is 10.6 Å². The predicted molar refractivity (Wildman–Crippen MR) is 120 cm³/mol. The van der Waals surface area contributed by atoms with Crippen LogP contribution in [0.3, 0.4) is 0 Å². The molecule has 0 unspecified atom stereocenters. The number of aryl methyl sites for hydroxylation is 1. The summed E-state index contributed by atoms with van der Waals surface area (Å²) in [5.41, 5.74) is 0.771. The van der Waals surface area contributed by atoms with E-state index in [1.807, 2.05) is 0 Å². The summed E-state index contributed by atoms with van der Waals surface area (Å²) in [7, 11) is -3.83. The lowest BCUT2D eigenvalue weighted by Gasteiger charge is -2.15. The minimum atomic E-state index is -3.83. The number of sulfonamides is 1. The number of benzene rings is 3. The van der Waals surface area contributed by atoms with Gasteiger partial charge in [-0.05, 0) is 42.8 Å². The Morgan fingerprint density at radius 3 is 1.79 bits per heavy atom. The van der Waals surface area contributed by atoms with Gasteiger partial charge in [-0.3, -0.25) is 4.72 Å².